The van der Waals surface area contributed by atoms with Crippen LogP contribution in [0.3, 0.4) is 0 Å². The van der Waals surface area contributed by atoms with Crippen LogP contribution in [0.1, 0.15) is 0 Å². The molecule has 0 bridgehead atoms. The van der Waals surface area contributed by atoms with Crippen LogP contribution in [0, 0.1) is 0 Å². The lowest BCUT2D eigenvalue weighted by Gasteiger charge is -2.14. The predicted octanol–water partition coefficient (Wildman–Crippen LogP) is 3.21. The quantitative estimate of drug-likeness (QED) is 0.752. The third kappa shape index (κ3) is 4.21. The lowest BCUT2D eigenvalue weighted by Crippen LogP contribution is -2.26. The Morgan fingerprint density at radius 1 is 1.15 bits per heavy atom. The molecule has 0 fully saturated rings. The van der Waals surface area contributed by atoms with Gasteiger partial charge in [-0.15, -0.1) is 0 Å². The predicted molar refractivity (Wildman–Crippen MR) is 48.7 cm³/mol. The molecule has 0 aromatic heterocycles. The molecular formula is C7H6BBrF3O-. The molecule has 1 aromatic rings. The number of hydrogen-bond donors (Lipinski definition) is 0. The van der Waals surface area contributed by atoms with Crippen LogP contribution in [0.4, 0.5) is 12.9 Å². The third-order valence-corrected chi connectivity index (χ3v) is 1.78. The Balaban J connectivity index is 2.51. The SMILES string of the molecule is F[B-](F)(F)COc1ccc(Br)cc1. The topological polar surface area (TPSA) is 9.23 Å². The Kier molecular flexibility index (Phi) is 3.25. The van der Waals surface area contributed by atoms with Crippen molar-refractivity contribution >= 4 is 22.9 Å². The normalized spacial score (nSPS) is 11.4. The van der Waals surface area contributed by atoms with Gasteiger partial charge in [0.1, 0.15) is 5.75 Å². The van der Waals surface area contributed by atoms with E-state index < -0.39 is 13.5 Å². The second-order valence-corrected chi connectivity index (χ2v) is 3.39. The van der Waals surface area contributed by atoms with Gasteiger partial charge in [-0.1, -0.05) is 15.9 Å². The zero-order valence-electron chi connectivity index (χ0n) is 6.51. The molecule has 0 aliphatic carbocycles. The van der Waals surface area contributed by atoms with Crippen LogP contribution in [0.25, 0.3) is 0 Å². The average molecular weight is 254 g/mol. The highest BCUT2D eigenvalue weighted by atomic mass is 79.9. The molecule has 0 N–H and O–H groups in total. The molecule has 0 amide bonds. The van der Waals surface area contributed by atoms with E-state index in [1.165, 1.54) is 12.1 Å². The van der Waals surface area contributed by atoms with E-state index in [-0.39, 0.29) is 5.75 Å². The average Bonchev–Trinajstić information content (AvgIpc) is 2.02. The summed E-state index contributed by atoms with van der Waals surface area (Å²) < 4.78 is 40.6. The lowest BCUT2D eigenvalue weighted by atomic mass is 9.95. The summed E-state index contributed by atoms with van der Waals surface area (Å²) in [7, 11) is 0. The summed E-state index contributed by atoms with van der Waals surface area (Å²) in [4.78, 5) is 0. The Morgan fingerprint density at radius 2 is 1.69 bits per heavy atom. The second-order valence-electron chi connectivity index (χ2n) is 2.48. The highest BCUT2D eigenvalue weighted by Crippen LogP contribution is 2.18. The van der Waals surface area contributed by atoms with Crippen molar-refractivity contribution in [1.82, 2.24) is 0 Å². The summed E-state index contributed by atoms with van der Waals surface area (Å²) >= 11 is 3.16. The molecule has 0 aliphatic heterocycles. The number of hydrogen-bond acceptors (Lipinski definition) is 1. The molecule has 0 aliphatic rings. The van der Waals surface area contributed by atoms with Crippen molar-refractivity contribution < 1.29 is 17.7 Å². The van der Waals surface area contributed by atoms with Gasteiger partial charge in [0.2, 0.25) is 0 Å². The Morgan fingerprint density at radius 3 is 2.15 bits per heavy atom. The van der Waals surface area contributed by atoms with Crippen LogP contribution < -0.4 is 4.74 Å². The Hall–Kier alpha value is -0.645. The van der Waals surface area contributed by atoms with Gasteiger partial charge in [0.15, 0.2) is 0 Å². The van der Waals surface area contributed by atoms with Gasteiger partial charge in [-0.05, 0) is 24.3 Å². The van der Waals surface area contributed by atoms with E-state index in [2.05, 4.69) is 20.7 Å². The third-order valence-electron chi connectivity index (χ3n) is 1.25. The van der Waals surface area contributed by atoms with Crippen molar-refractivity contribution in [2.24, 2.45) is 0 Å². The van der Waals surface area contributed by atoms with Crippen LogP contribution in [-0.2, 0) is 0 Å². The monoisotopic (exact) mass is 253 g/mol. The first-order valence-corrected chi connectivity index (χ1v) is 4.36. The number of ether oxygens (including phenoxy) is 1. The first kappa shape index (κ1) is 10.4. The minimum absolute atomic E-state index is 0.224. The van der Waals surface area contributed by atoms with E-state index in [1.54, 1.807) is 12.1 Å². The molecule has 0 saturated carbocycles. The van der Waals surface area contributed by atoms with Gasteiger partial charge < -0.3 is 17.7 Å². The standard InChI is InChI=1S/C7H6BBrF3O/c9-6-1-3-7(4-2-6)13-5-8(10,11)12/h1-4H,5H2/q-1. The van der Waals surface area contributed by atoms with Gasteiger partial charge in [0, 0.05) is 4.47 Å². The Bertz CT molecular complexity index is 272. The summed E-state index contributed by atoms with van der Waals surface area (Å²) in [5.41, 5.74) is 0. The number of halogens is 4. The molecule has 72 valence electrons. The number of rotatable bonds is 3. The lowest BCUT2D eigenvalue weighted by molar-refractivity contribution is 0.313. The molecule has 0 unspecified atom stereocenters. The largest absolute Gasteiger partial charge is 0.522 e. The van der Waals surface area contributed by atoms with E-state index in [0.29, 0.717) is 0 Å². The fourth-order valence-electron chi connectivity index (χ4n) is 0.722. The van der Waals surface area contributed by atoms with Crippen molar-refractivity contribution in [3.63, 3.8) is 0 Å². The van der Waals surface area contributed by atoms with E-state index in [9.17, 15) is 12.9 Å². The van der Waals surface area contributed by atoms with Crippen molar-refractivity contribution in [2.45, 2.75) is 0 Å². The fourth-order valence-corrected chi connectivity index (χ4v) is 0.986. The van der Waals surface area contributed by atoms with Crippen molar-refractivity contribution in [2.75, 3.05) is 6.51 Å². The molecule has 6 heteroatoms. The van der Waals surface area contributed by atoms with Gasteiger partial charge in [-0.2, -0.15) is 0 Å². The number of benzene rings is 1. The van der Waals surface area contributed by atoms with Gasteiger partial charge >= 0.3 is 6.98 Å². The highest BCUT2D eigenvalue weighted by molar-refractivity contribution is 9.10. The van der Waals surface area contributed by atoms with Crippen LogP contribution in [0.2, 0.25) is 0 Å². The molecule has 1 aromatic carbocycles. The molecule has 0 spiro atoms. The van der Waals surface area contributed by atoms with Crippen LogP contribution in [0.15, 0.2) is 28.7 Å². The van der Waals surface area contributed by atoms with Crippen LogP contribution in [0.5, 0.6) is 5.75 Å². The molecule has 13 heavy (non-hydrogen) atoms. The van der Waals surface area contributed by atoms with Gasteiger partial charge in [-0.3, -0.25) is 0 Å². The van der Waals surface area contributed by atoms with Gasteiger partial charge in [0.05, 0.1) is 6.51 Å². The molecular weight excluding hydrogens is 248 g/mol. The summed E-state index contributed by atoms with van der Waals surface area (Å²) in [5, 5.41) is 0. The van der Waals surface area contributed by atoms with E-state index in [0.717, 1.165) is 4.47 Å². The van der Waals surface area contributed by atoms with Crippen LogP contribution >= 0.6 is 15.9 Å². The minimum atomic E-state index is -4.87. The zero-order chi connectivity index (χ0) is 9.90. The second kappa shape index (κ2) is 4.04. The molecule has 1 nitrogen and oxygen atoms in total. The smallest absolute Gasteiger partial charge is 0.515 e. The first-order valence-electron chi connectivity index (χ1n) is 3.57. The summed E-state index contributed by atoms with van der Waals surface area (Å²) in [6, 6.07) is 6.20. The first-order chi connectivity index (χ1) is 5.97. The molecule has 0 heterocycles. The maximum Gasteiger partial charge on any atom is 0.515 e. The van der Waals surface area contributed by atoms with Crippen molar-refractivity contribution in [3.8, 4) is 5.75 Å². The highest BCUT2D eigenvalue weighted by Gasteiger charge is 2.23. The zero-order valence-corrected chi connectivity index (χ0v) is 8.10. The molecule has 0 atom stereocenters. The van der Waals surface area contributed by atoms with E-state index in [1.807, 2.05) is 0 Å². The Labute approximate surface area is 82.1 Å². The van der Waals surface area contributed by atoms with Crippen molar-refractivity contribution in [1.29, 1.82) is 0 Å². The summed E-state index contributed by atoms with van der Waals surface area (Å²) in [6.45, 7) is -6.06. The van der Waals surface area contributed by atoms with Gasteiger partial charge in [-0.25, -0.2) is 0 Å². The summed E-state index contributed by atoms with van der Waals surface area (Å²) in [6.07, 6.45) is 0. The molecule has 1 rings (SSSR count). The maximum absolute atomic E-state index is 11.7. The molecule has 0 radical (unpaired) electrons. The summed E-state index contributed by atoms with van der Waals surface area (Å²) in [5.74, 6) is 0.224. The fraction of sp³-hybridized carbons (Fsp3) is 0.143. The van der Waals surface area contributed by atoms with E-state index in [4.69, 9.17) is 0 Å². The molecule has 0 saturated heterocycles. The van der Waals surface area contributed by atoms with Gasteiger partial charge in [0.25, 0.3) is 0 Å². The van der Waals surface area contributed by atoms with Crippen LogP contribution in [-0.4, -0.2) is 13.5 Å². The van der Waals surface area contributed by atoms with E-state index >= 15 is 0 Å². The maximum atomic E-state index is 11.7. The van der Waals surface area contributed by atoms with Crippen molar-refractivity contribution in [3.05, 3.63) is 28.7 Å². The minimum Gasteiger partial charge on any atom is -0.522 e.